The number of hydrogen-bond acceptors (Lipinski definition) is 1. The summed E-state index contributed by atoms with van der Waals surface area (Å²) >= 11 is 0. The van der Waals surface area contributed by atoms with E-state index in [4.69, 9.17) is 0 Å². The Morgan fingerprint density at radius 1 is 1.07 bits per heavy atom. The van der Waals surface area contributed by atoms with Crippen LogP contribution in [0.25, 0.3) is 0 Å². The summed E-state index contributed by atoms with van der Waals surface area (Å²) in [5.74, 6) is 0.219. The Hall–Kier alpha value is -0.110. The Labute approximate surface area is 94.0 Å². The quantitative estimate of drug-likeness (QED) is 0.598. The topological polar surface area (TPSA) is 3.24 Å². The first-order valence-corrected chi connectivity index (χ1v) is 6.01. The number of alkyl halides is 1. The fourth-order valence-electron chi connectivity index (χ4n) is 2.49. The minimum absolute atomic E-state index is 0.101. The molecule has 1 saturated heterocycles. The normalized spacial score (nSPS) is 30.6. The molecule has 1 nitrogen and oxygen atoms in total. The summed E-state index contributed by atoms with van der Waals surface area (Å²) < 4.78 is 14.1. The van der Waals surface area contributed by atoms with Gasteiger partial charge in [0.2, 0.25) is 0 Å². The summed E-state index contributed by atoms with van der Waals surface area (Å²) in [5, 5.41) is 0. The van der Waals surface area contributed by atoms with Gasteiger partial charge in [-0.3, -0.25) is 4.90 Å². The third-order valence-corrected chi connectivity index (χ3v) is 3.60. The van der Waals surface area contributed by atoms with Crippen LogP contribution in [0.5, 0.6) is 0 Å². The van der Waals surface area contributed by atoms with E-state index in [1.54, 1.807) is 0 Å². The van der Waals surface area contributed by atoms with Crippen molar-refractivity contribution in [1.29, 1.82) is 0 Å². The number of nitrogens with zero attached hydrogens (tertiary/aromatic N) is 1. The van der Waals surface area contributed by atoms with Crippen LogP contribution < -0.4 is 0 Å². The van der Waals surface area contributed by atoms with E-state index in [0.29, 0.717) is 6.54 Å². The van der Waals surface area contributed by atoms with Crippen molar-refractivity contribution in [3.05, 3.63) is 0 Å². The molecule has 0 radical (unpaired) electrons. The SMILES string of the molecule is CC(C)(C)[C@@H]1CCN(C(C)(C)C)C[C@@H]1F. The Morgan fingerprint density at radius 2 is 1.60 bits per heavy atom. The van der Waals surface area contributed by atoms with Crippen LogP contribution in [0.4, 0.5) is 4.39 Å². The highest BCUT2D eigenvalue weighted by Gasteiger charge is 2.39. The summed E-state index contributed by atoms with van der Waals surface area (Å²) in [6.07, 6.45) is 0.319. The second-order valence-electron chi connectivity index (χ2n) is 6.89. The van der Waals surface area contributed by atoms with Crippen molar-refractivity contribution in [3.63, 3.8) is 0 Å². The average Bonchev–Trinajstić information content (AvgIpc) is 1.99. The van der Waals surface area contributed by atoms with Gasteiger partial charge in [0, 0.05) is 12.1 Å². The number of piperidine rings is 1. The number of hydrogen-bond donors (Lipinski definition) is 0. The molecule has 1 aliphatic heterocycles. The van der Waals surface area contributed by atoms with Crippen molar-refractivity contribution in [2.75, 3.05) is 13.1 Å². The standard InChI is InChI=1S/C13H26FN/c1-12(2,3)10-7-8-15(9-11(10)14)13(4,5)6/h10-11H,7-9H2,1-6H3/t10-,11+/m1/s1. The first-order chi connectivity index (χ1) is 6.62. The molecule has 1 fully saturated rings. The van der Waals surface area contributed by atoms with Crippen LogP contribution in [0.1, 0.15) is 48.0 Å². The van der Waals surface area contributed by atoms with E-state index in [0.717, 1.165) is 13.0 Å². The van der Waals surface area contributed by atoms with Crippen LogP contribution in [0.2, 0.25) is 0 Å². The molecule has 90 valence electrons. The maximum atomic E-state index is 14.1. The zero-order valence-electron chi connectivity index (χ0n) is 11.1. The number of likely N-dealkylation sites (tertiary alicyclic amines) is 1. The third kappa shape index (κ3) is 3.17. The van der Waals surface area contributed by atoms with Crippen molar-refractivity contribution >= 4 is 0 Å². The van der Waals surface area contributed by atoms with Gasteiger partial charge in [-0.1, -0.05) is 20.8 Å². The molecule has 0 aromatic heterocycles. The third-order valence-electron chi connectivity index (χ3n) is 3.60. The van der Waals surface area contributed by atoms with Gasteiger partial charge in [-0.05, 0) is 45.1 Å². The van der Waals surface area contributed by atoms with Gasteiger partial charge in [0.1, 0.15) is 6.17 Å². The van der Waals surface area contributed by atoms with Gasteiger partial charge in [0.15, 0.2) is 0 Å². The largest absolute Gasteiger partial charge is 0.296 e. The predicted octanol–water partition coefficient (Wildman–Crippen LogP) is 3.49. The Morgan fingerprint density at radius 3 is 1.93 bits per heavy atom. The summed E-state index contributed by atoms with van der Waals surface area (Å²) in [6, 6.07) is 0. The van der Waals surface area contributed by atoms with Gasteiger partial charge in [0.25, 0.3) is 0 Å². The molecule has 0 aromatic carbocycles. The summed E-state index contributed by atoms with van der Waals surface area (Å²) in [7, 11) is 0. The van der Waals surface area contributed by atoms with Crippen molar-refractivity contribution in [2.24, 2.45) is 11.3 Å². The molecule has 1 aliphatic rings. The molecular formula is C13H26FN. The molecule has 0 bridgehead atoms. The highest BCUT2D eigenvalue weighted by atomic mass is 19.1. The van der Waals surface area contributed by atoms with Gasteiger partial charge >= 0.3 is 0 Å². The molecular weight excluding hydrogens is 189 g/mol. The van der Waals surface area contributed by atoms with Crippen LogP contribution in [-0.4, -0.2) is 29.7 Å². The maximum absolute atomic E-state index is 14.1. The van der Waals surface area contributed by atoms with Crippen LogP contribution >= 0.6 is 0 Å². The van der Waals surface area contributed by atoms with Gasteiger partial charge in [-0.2, -0.15) is 0 Å². The zero-order chi connectivity index (χ0) is 11.9. The molecule has 0 aliphatic carbocycles. The van der Waals surface area contributed by atoms with Gasteiger partial charge in [-0.15, -0.1) is 0 Å². The van der Waals surface area contributed by atoms with Crippen LogP contribution in [0, 0.1) is 11.3 Å². The lowest BCUT2D eigenvalue weighted by molar-refractivity contribution is -0.0101. The first kappa shape index (κ1) is 13.0. The van der Waals surface area contributed by atoms with Crippen LogP contribution in [-0.2, 0) is 0 Å². The minimum atomic E-state index is -0.669. The molecule has 2 atom stereocenters. The van der Waals surface area contributed by atoms with E-state index in [-0.39, 0.29) is 16.9 Å². The molecule has 2 heteroatoms. The fraction of sp³-hybridized carbons (Fsp3) is 1.00. The maximum Gasteiger partial charge on any atom is 0.116 e. The van der Waals surface area contributed by atoms with Crippen molar-refractivity contribution in [3.8, 4) is 0 Å². The van der Waals surface area contributed by atoms with E-state index in [2.05, 4.69) is 46.4 Å². The van der Waals surface area contributed by atoms with E-state index >= 15 is 0 Å². The first-order valence-electron chi connectivity index (χ1n) is 6.01. The summed E-state index contributed by atoms with van der Waals surface area (Å²) in [6.45, 7) is 14.6. The number of halogens is 1. The molecule has 0 N–H and O–H groups in total. The lowest BCUT2D eigenvalue weighted by Gasteiger charge is -2.46. The van der Waals surface area contributed by atoms with Crippen LogP contribution in [0.3, 0.4) is 0 Å². The molecule has 0 saturated carbocycles. The van der Waals surface area contributed by atoms with Crippen molar-refractivity contribution < 1.29 is 4.39 Å². The molecule has 1 rings (SSSR count). The fourth-order valence-corrected chi connectivity index (χ4v) is 2.49. The Balaban J connectivity index is 2.64. The number of rotatable bonds is 0. The molecule has 15 heavy (non-hydrogen) atoms. The highest BCUT2D eigenvalue weighted by molar-refractivity contribution is 4.91. The highest BCUT2D eigenvalue weighted by Crippen LogP contribution is 2.37. The predicted molar refractivity (Wildman–Crippen MR) is 63.8 cm³/mol. The van der Waals surface area contributed by atoms with E-state index < -0.39 is 6.17 Å². The average molecular weight is 215 g/mol. The van der Waals surface area contributed by atoms with Gasteiger partial charge < -0.3 is 0 Å². The smallest absolute Gasteiger partial charge is 0.116 e. The Bertz CT molecular complexity index is 212. The zero-order valence-corrected chi connectivity index (χ0v) is 11.1. The minimum Gasteiger partial charge on any atom is -0.296 e. The molecule has 0 spiro atoms. The van der Waals surface area contributed by atoms with Gasteiger partial charge in [0.05, 0.1) is 0 Å². The van der Waals surface area contributed by atoms with E-state index in [9.17, 15) is 4.39 Å². The van der Waals surface area contributed by atoms with Gasteiger partial charge in [-0.25, -0.2) is 4.39 Å². The second kappa shape index (κ2) is 4.04. The molecule has 0 unspecified atom stereocenters. The Kier molecular flexibility index (Phi) is 3.49. The van der Waals surface area contributed by atoms with E-state index in [1.165, 1.54) is 0 Å². The monoisotopic (exact) mass is 215 g/mol. The molecule has 0 amide bonds. The lowest BCUT2D eigenvalue weighted by Crippen LogP contribution is -2.52. The molecule has 1 heterocycles. The lowest BCUT2D eigenvalue weighted by atomic mass is 9.74. The van der Waals surface area contributed by atoms with Crippen molar-refractivity contribution in [1.82, 2.24) is 4.90 Å². The summed E-state index contributed by atoms with van der Waals surface area (Å²) in [4.78, 5) is 2.26. The molecule has 0 aromatic rings. The van der Waals surface area contributed by atoms with Crippen molar-refractivity contribution in [2.45, 2.75) is 59.7 Å². The van der Waals surface area contributed by atoms with E-state index in [1.807, 2.05) is 0 Å². The summed E-state index contributed by atoms with van der Waals surface area (Å²) in [5.41, 5.74) is 0.205. The van der Waals surface area contributed by atoms with Crippen LogP contribution in [0.15, 0.2) is 0 Å². The second-order valence-corrected chi connectivity index (χ2v) is 6.89.